The zero-order valence-corrected chi connectivity index (χ0v) is 10.5. The SMILES string of the molecule is O=C(Nc1cccc2[nH]ncc12)c1cc(Cl)ccn1. The normalized spacial score (nSPS) is 10.6. The van der Waals surface area contributed by atoms with E-state index in [1.165, 1.54) is 12.3 Å². The summed E-state index contributed by atoms with van der Waals surface area (Å²) >= 11 is 5.83. The first kappa shape index (κ1) is 11.7. The minimum Gasteiger partial charge on any atom is -0.320 e. The van der Waals surface area contributed by atoms with Crippen molar-refractivity contribution in [1.29, 1.82) is 0 Å². The number of nitrogens with zero attached hydrogens (tertiary/aromatic N) is 2. The molecule has 0 bridgehead atoms. The molecular weight excluding hydrogens is 264 g/mol. The summed E-state index contributed by atoms with van der Waals surface area (Å²) in [5.41, 5.74) is 1.81. The summed E-state index contributed by atoms with van der Waals surface area (Å²) in [6.07, 6.45) is 3.16. The first-order valence-electron chi connectivity index (χ1n) is 5.59. The Morgan fingerprint density at radius 1 is 1.32 bits per heavy atom. The van der Waals surface area contributed by atoms with Gasteiger partial charge >= 0.3 is 0 Å². The molecule has 5 nitrogen and oxygen atoms in total. The van der Waals surface area contributed by atoms with Crippen LogP contribution in [0.15, 0.2) is 42.7 Å². The van der Waals surface area contributed by atoms with Gasteiger partial charge in [-0.3, -0.25) is 14.9 Å². The number of nitrogens with one attached hydrogen (secondary N) is 2. The van der Waals surface area contributed by atoms with Crippen molar-refractivity contribution in [3.05, 3.63) is 53.4 Å². The van der Waals surface area contributed by atoms with Crippen molar-refractivity contribution in [3.8, 4) is 0 Å². The van der Waals surface area contributed by atoms with E-state index < -0.39 is 0 Å². The third kappa shape index (κ3) is 2.28. The van der Waals surface area contributed by atoms with Gasteiger partial charge in [-0.1, -0.05) is 17.7 Å². The van der Waals surface area contributed by atoms with Crippen molar-refractivity contribution in [1.82, 2.24) is 15.2 Å². The molecule has 2 aromatic heterocycles. The number of halogens is 1. The van der Waals surface area contributed by atoms with E-state index in [-0.39, 0.29) is 11.6 Å². The second kappa shape index (κ2) is 4.70. The molecule has 1 amide bonds. The van der Waals surface area contributed by atoms with Crippen LogP contribution >= 0.6 is 11.6 Å². The van der Waals surface area contributed by atoms with E-state index in [1.54, 1.807) is 18.3 Å². The smallest absolute Gasteiger partial charge is 0.274 e. The van der Waals surface area contributed by atoms with Crippen molar-refractivity contribution in [2.45, 2.75) is 0 Å². The standard InChI is InChI=1S/C13H9ClN4O/c14-8-4-5-15-12(6-8)13(19)17-10-2-1-3-11-9(10)7-16-18-11/h1-7H,(H,16,18)(H,17,19). The van der Waals surface area contributed by atoms with Gasteiger partial charge in [-0.2, -0.15) is 5.10 Å². The third-order valence-corrected chi connectivity index (χ3v) is 2.92. The van der Waals surface area contributed by atoms with Crippen LogP contribution in [0.4, 0.5) is 5.69 Å². The van der Waals surface area contributed by atoms with Crippen molar-refractivity contribution < 1.29 is 4.79 Å². The third-order valence-electron chi connectivity index (χ3n) is 2.69. The fraction of sp³-hybridized carbons (Fsp3) is 0. The molecule has 0 fully saturated rings. The summed E-state index contributed by atoms with van der Waals surface area (Å²) < 4.78 is 0. The fourth-order valence-corrected chi connectivity index (χ4v) is 1.95. The lowest BCUT2D eigenvalue weighted by molar-refractivity contribution is 0.102. The summed E-state index contributed by atoms with van der Waals surface area (Å²) in [4.78, 5) is 16.1. The van der Waals surface area contributed by atoms with Gasteiger partial charge in [0.15, 0.2) is 0 Å². The molecule has 3 rings (SSSR count). The number of fused-ring (bicyclic) bond motifs is 1. The van der Waals surface area contributed by atoms with E-state index in [0.717, 1.165) is 10.9 Å². The maximum absolute atomic E-state index is 12.1. The quantitative estimate of drug-likeness (QED) is 0.753. The highest BCUT2D eigenvalue weighted by atomic mass is 35.5. The van der Waals surface area contributed by atoms with E-state index in [9.17, 15) is 4.79 Å². The van der Waals surface area contributed by atoms with E-state index in [4.69, 9.17) is 11.6 Å². The molecule has 0 aliphatic rings. The highest BCUT2D eigenvalue weighted by Gasteiger charge is 2.10. The summed E-state index contributed by atoms with van der Waals surface area (Å²) in [6.45, 7) is 0. The molecule has 0 spiro atoms. The Morgan fingerprint density at radius 2 is 2.21 bits per heavy atom. The van der Waals surface area contributed by atoms with Gasteiger partial charge in [-0.15, -0.1) is 0 Å². The molecule has 3 aromatic rings. The molecule has 0 saturated heterocycles. The predicted octanol–water partition coefficient (Wildman–Crippen LogP) is 2.86. The Morgan fingerprint density at radius 3 is 3.05 bits per heavy atom. The lowest BCUT2D eigenvalue weighted by atomic mass is 10.2. The fourth-order valence-electron chi connectivity index (χ4n) is 1.79. The first-order valence-corrected chi connectivity index (χ1v) is 5.97. The number of hydrogen-bond acceptors (Lipinski definition) is 3. The number of hydrogen-bond donors (Lipinski definition) is 2. The lowest BCUT2D eigenvalue weighted by Crippen LogP contribution is -2.13. The van der Waals surface area contributed by atoms with Gasteiger partial charge in [-0.05, 0) is 24.3 Å². The largest absolute Gasteiger partial charge is 0.320 e. The monoisotopic (exact) mass is 272 g/mol. The van der Waals surface area contributed by atoms with Crippen molar-refractivity contribution in [2.24, 2.45) is 0 Å². The molecule has 0 unspecified atom stereocenters. The van der Waals surface area contributed by atoms with Crippen molar-refractivity contribution in [3.63, 3.8) is 0 Å². The number of pyridine rings is 1. The van der Waals surface area contributed by atoms with Crippen LogP contribution in [-0.2, 0) is 0 Å². The van der Waals surface area contributed by atoms with Gasteiger partial charge in [0, 0.05) is 16.6 Å². The zero-order valence-electron chi connectivity index (χ0n) is 9.72. The number of aromatic amines is 1. The maximum Gasteiger partial charge on any atom is 0.274 e. The highest BCUT2D eigenvalue weighted by molar-refractivity contribution is 6.31. The average molecular weight is 273 g/mol. The molecule has 0 saturated carbocycles. The van der Waals surface area contributed by atoms with E-state index in [2.05, 4.69) is 20.5 Å². The second-order valence-corrected chi connectivity index (χ2v) is 4.39. The number of carbonyl (C=O) groups is 1. The van der Waals surface area contributed by atoms with Gasteiger partial charge in [-0.25, -0.2) is 0 Å². The van der Waals surface area contributed by atoms with Gasteiger partial charge in [0.05, 0.1) is 17.4 Å². The van der Waals surface area contributed by atoms with Gasteiger partial charge in [0.2, 0.25) is 0 Å². The van der Waals surface area contributed by atoms with Crippen LogP contribution < -0.4 is 5.32 Å². The van der Waals surface area contributed by atoms with Gasteiger partial charge in [0.25, 0.3) is 5.91 Å². The van der Waals surface area contributed by atoms with E-state index >= 15 is 0 Å². The molecule has 2 N–H and O–H groups in total. The number of aromatic nitrogens is 3. The van der Waals surface area contributed by atoms with Crippen LogP contribution in [0.1, 0.15) is 10.5 Å². The molecule has 1 aromatic carbocycles. The first-order chi connectivity index (χ1) is 9.24. The predicted molar refractivity (Wildman–Crippen MR) is 73.3 cm³/mol. The number of H-pyrrole nitrogens is 1. The second-order valence-electron chi connectivity index (χ2n) is 3.95. The molecule has 94 valence electrons. The van der Waals surface area contributed by atoms with Crippen molar-refractivity contribution >= 4 is 34.1 Å². The van der Waals surface area contributed by atoms with Gasteiger partial charge < -0.3 is 5.32 Å². The van der Waals surface area contributed by atoms with Crippen LogP contribution in [0.3, 0.4) is 0 Å². The summed E-state index contributed by atoms with van der Waals surface area (Å²) in [6, 6.07) is 8.67. The van der Waals surface area contributed by atoms with E-state index in [1.807, 2.05) is 12.1 Å². The van der Waals surface area contributed by atoms with Crippen LogP contribution in [-0.4, -0.2) is 21.1 Å². The Kier molecular flexibility index (Phi) is 2.89. The highest BCUT2D eigenvalue weighted by Crippen LogP contribution is 2.21. The Balaban J connectivity index is 1.93. The molecular formula is C13H9ClN4O. The maximum atomic E-state index is 12.1. The Hall–Kier alpha value is -2.40. The zero-order chi connectivity index (χ0) is 13.2. The number of amides is 1. The average Bonchev–Trinajstić information content (AvgIpc) is 2.88. The molecule has 19 heavy (non-hydrogen) atoms. The number of anilines is 1. The van der Waals surface area contributed by atoms with Crippen LogP contribution in [0.25, 0.3) is 10.9 Å². The molecule has 0 radical (unpaired) electrons. The molecule has 0 aliphatic carbocycles. The topological polar surface area (TPSA) is 70.7 Å². The Bertz CT molecular complexity index is 753. The number of benzene rings is 1. The van der Waals surface area contributed by atoms with Gasteiger partial charge in [0.1, 0.15) is 5.69 Å². The summed E-state index contributed by atoms with van der Waals surface area (Å²) in [5, 5.41) is 10.9. The van der Waals surface area contributed by atoms with Crippen LogP contribution in [0.5, 0.6) is 0 Å². The summed E-state index contributed by atoms with van der Waals surface area (Å²) in [5.74, 6) is -0.309. The van der Waals surface area contributed by atoms with Crippen molar-refractivity contribution in [2.75, 3.05) is 5.32 Å². The minimum absolute atomic E-state index is 0.271. The van der Waals surface area contributed by atoms with E-state index in [0.29, 0.717) is 10.7 Å². The molecule has 2 heterocycles. The molecule has 6 heteroatoms. The molecule has 0 aliphatic heterocycles. The molecule has 0 atom stereocenters. The Labute approximate surface area is 113 Å². The van der Waals surface area contributed by atoms with Crippen LogP contribution in [0, 0.1) is 0 Å². The lowest BCUT2D eigenvalue weighted by Gasteiger charge is -2.05. The minimum atomic E-state index is -0.309. The number of rotatable bonds is 2. The summed E-state index contributed by atoms with van der Waals surface area (Å²) in [7, 11) is 0. The van der Waals surface area contributed by atoms with Crippen LogP contribution in [0.2, 0.25) is 5.02 Å². The number of carbonyl (C=O) groups excluding carboxylic acids is 1.